The molecule has 0 radical (unpaired) electrons. The Morgan fingerprint density at radius 3 is 2.63 bits per heavy atom. The van der Waals surface area contributed by atoms with E-state index in [1.165, 1.54) is 5.56 Å². The van der Waals surface area contributed by atoms with Crippen molar-refractivity contribution in [2.45, 2.75) is 59.5 Å². The molecular formula is C27H39N3O4S. The SMILES string of the molecule is C=C(C=Cc1ccccc1C1CCCN1CCn1nc(OS(C)(=O)=O)c(C)c1CC(C)(C)C)OC. The smallest absolute Gasteiger partial charge is 0.307 e. The summed E-state index contributed by atoms with van der Waals surface area (Å²) in [6.45, 7) is 14.7. The molecule has 35 heavy (non-hydrogen) atoms. The van der Waals surface area contributed by atoms with Crippen LogP contribution in [-0.2, 0) is 27.8 Å². The van der Waals surface area contributed by atoms with Crippen molar-refractivity contribution in [3.63, 3.8) is 0 Å². The molecule has 0 aliphatic carbocycles. The second kappa shape index (κ2) is 11.0. The van der Waals surface area contributed by atoms with E-state index in [1.54, 1.807) is 7.11 Å². The van der Waals surface area contributed by atoms with Crippen LogP contribution < -0.4 is 4.18 Å². The summed E-state index contributed by atoms with van der Waals surface area (Å²) in [4.78, 5) is 2.49. The van der Waals surface area contributed by atoms with Gasteiger partial charge in [-0.25, -0.2) is 0 Å². The van der Waals surface area contributed by atoms with E-state index in [-0.39, 0.29) is 11.3 Å². The molecule has 1 atom stereocenters. The van der Waals surface area contributed by atoms with Gasteiger partial charge in [-0.1, -0.05) is 57.7 Å². The first kappa shape index (κ1) is 27.0. The summed E-state index contributed by atoms with van der Waals surface area (Å²) >= 11 is 0. The Morgan fingerprint density at radius 1 is 1.26 bits per heavy atom. The van der Waals surface area contributed by atoms with Crippen molar-refractivity contribution >= 4 is 16.2 Å². The maximum atomic E-state index is 11.8. The molecule has 0 bridgehead atoms. The van der Waals surface area contributed by atoms with Gasteiger partial charge in [-0.05, 0) is 55.3 Å². The van der Waals surface area contributed by atoms with E-state index in [4.69, 9.17) is 8.92 Å². The first-order valence-corrected chi connectivity index (χ1v) is 13.9. The highest BCUT2D eigenvalue weighted by atomic mass is 32.2. The molecule has 0 saturated carbocycles. The third-order valence-corrected chi connectivity index (χ3v) is 6.69. The van der Waals surface area contributed by atoms with E-state index in [2.05, 4.69) is 61.6 Å². The van der Waals surface area contributed by atoms with Crippen molar-refractivity contribution in [1.82, 2.24) is 14.7 Å². The lowest BCUT2D eigenvalue weighted by molar-refractivity contribution is 0.239. The van der Waals surface area contributed by atoms with Crippen LogP contribution in [0.25, 0.3) is 6.08 Å². The zero-order chi connectivity index (χ0) is 25.8. The van der Waals surface area contributed by atoms with Crippen LogP contribution in [0.5, 0.6) is 5.88 Å². The van der Waals surface area contributed by atoms with Crippen LogP contribution in [-0.4, -0.2) is 49.6 Å². The summed E-state index contributed by atoms with van der Waals surface area (Å²) in [5.74, 6) is 0.800. The Labute approximate surface area is 210 Å². The number of allylic oxidation sites excluding steroid dienone is 1. The second-order valence-corrected chi connectivity index (χ2v) is 12.0. The van der Waals surface area contributed by atoms with Gasteiger partial charge >= 0.3 is 10.1 Å². The number of hydrogen-bond acceptors (Lipinski definition) is 6. The van der Waals surface area contributed by atoms with E-state index in [0.717, 1.165) is 55.4 Å². The molecule has 1 fully saturated rings. The maximum absolute atomic E-state index is 11.8. The lowest BCUT2D eigenvalue weighted by atomic mass is 9.89. The van der Waals surface area contributed by atoms with Crippen molar-refractivity contribution in [3.8, 4) is 5.88 Å². The van der Waals surface area contributed by atoms with Crippen LogP contribution in [0.1, 0.15) is 62.0 Å². The van der Waals surface area contributed by atoms with Crippen LogP contribution in [0.3, 0.4) is 0 Å². The fourth-order valence-corrected chi connectivity index (χ4v) is 5.03. The molecule has 7 nitrogen and oxygen atoms in total. The third kappa shape index (κ3) is 7.45. The molecule has 3 rings (SSSR count). The summed E-state index contributed by atoms with van der Waals surface area (Å²) in [5.41, 5.74) is 4.29. The number of rotatable bonds is 10. The molecule has 0 amide bonds. The van der Waals surface area contributed by atoms with Crippen molar-refractivity contribution < 1.29 is 17.3 Å². The molecule has 192 valence electrons. The van der Waals surface area contributed by atoms with Gasteiger partial charge in [0.2, 0.25) is 0 Å². The van der Waals surface area contributed by atoms with Crippen molar-refractivity contribution in [2.24, 2.45) is 5.41 Å². The van der Waals surface area contributed by atoms with E-state index in [1.807, 2.05) is 23.7 Å². The largest absolute Gasteiger partial charge is 0.497 e. The fraction of sp³-hybridized carbons (Fsp3) is 0.519. The molecule has 1 saturated heterocycles. The number of nitrogens with zero attached hydrogens (tertiary/aromatic N) is 3. The second-order valence-electron chi connectivity index (χ2n) is 10.5. The highest BCUT2D eigenvalue weighted by molar-refractivity contribution is 7.86. The average Bonchev–Trinajstić information content (AvgIpc) is 3.34. The van der Waals surface area contributed by atoms with Gasteiger partial charge in [-0.15, -0.1) is 5.10 Å². The monoisotopic (exact) mass is 501 g/mol. The minimum absolute atomic E-state index is 0.0264. The number of aromatic nitrogens is 2. The molecule has 8 heteroatoms. The number of methoxy groups -OCH3 is 1. The van der Waals surface area contributed by atoms with Crippen molar-refractivity contribution in [2.75, 3.05) is 26.5 Å². The quantitative estimate of drug-likeness (QED) is 0.255. The van der Waals surface area contributed by atoms with Crippen LogP contribution in [0.4, 0.5) is 0 Å². The summed E-state index contributed by atoms with van der Waals surface area (Å²) in [6.07, 6.45) is 8.00. The topological polar surface area (TPSA) is 73.7 Å². The van der Waals surface area contributed by atoms with Gasteiger partial charge in [0.15, 0.2) is 0 Å². The van der Waals surface area contributed by atoms with Crippen molar-refractivity contribution in [1.29, 1.82) is 0 Å². The first-order chi connectivity index (χ1) is 16.4. The lowest BCUT2D eigenvalue weighted by Crippen LogP contribution is -2.29. The molecule has 2 aromatic rings. The maximum Gasteiger partial charge on any atom is 0.307 e. The molecule has 2 heterocycles. The number of likely N-dealkylation sites (tertiary alicyclic amines) is 1. The normalized spacial score (nSPS) is 17.3. The van der Waals surface area contributed by atoms with Gasteiger partial charge < -0.3 is 8.92 Å². The standard InChI is InChI=1S/C27H39N3O4S/c1-20(33-6)14-15-22-11-8-9-12-23(22)24-13-10-16-29(24)17-18-30-25(19-27(3,4)5)21(2)26(28-30)34-35(7,31)32/h8-9,11-12,14-15,24H,1,10,13,16-19H2,2-7H3. The molecule has 1 aliphatic heterocycles. The average molecular weight is 502 g/mol. The molecule has 1 aliphatic rings. The predicted octanol–water partition coefficient (Wildman–Crippen LogP) is 5.13. The molecule has 0 N–H and O–H groups in total. The van der Waals surface area contributed by atoms with Gasteiger partial charge in [0, 0.05) is 23.8 Å². The summed E-state index contributed by atoms with van der Waals surface area (Å²) in [5, 5.41) is 4.57. The minimum Gasteiger partial charge on any atom is -0.497 e. The zero-order valence-corrected chi connectivity index (χ0v) is 22.7. The van der Waals surface area contributed by atoms with E-state index in [0.29, 0.717) is 18.3 Å². The van der Waals surface area contributed by atoms with E-state index < -0.39 is 10.1 Å². The van der Waals surface area contributed by atoms with Crippen LogP contribution in [0.2, 0.25) is 0 Å². The number of ether oxygens (including phenoxy) is 1. The molecule has 1 unspecified atom stereocenters. The Bertz CT molecular complexity index is 1180. The molecule has 1 aromatic heterocycles. The summed E-state index contributed by atoms with van der Waals surface area (Å²) in [6, 6.07) is 8.76. The van der Waals surface area contributed by atoms with Crippen LogP contribution >= 0.6 is 0 Å². The Balaban J connectivity index is 1.84. The highest BCUT2D eigenvalue weighted by Crippen LogP contribution is 2.35. The Kier molecular flexibility index (Phi) is 8.49. The molecule has 1 aromatic carbocycles. The first-order valence-electron chi connectivity index (χ1n) is 12.1. The van der Waals surface area contributed by atoms with Gasteiger partial charge in [0.1, 0.15) is 5.76 Å². The van der Waals surface area contributed by atoms with Gasteiger partial charge in [-0.2, -0.15) is 8.42 Å². The highest BCUT2D eigenvalue weighted by Gasteiger charge is 2.28. The van der Waals surface area contributed by atoms with Gasteiger partial charge in [-0.3, -0.25) is 9.58 Å². The van der Waals surface area contributed by atoms with E-state index in [9.17, 15) is 8.42 Å². The minimum atomic E-state index is -3.65. The molecule has 0 spiro atoms. The fourth-order valence-electron chi connectivity index (χ4n) is 4.58. The zero-order valence-electron chi connectivity index (χ0n) is 21.9. The third-order valence-electron chi connectivity index (χ3n) is 6.23. The van der Waals surface area contributed by atoms with Gasteiger partial charge in [0.05, 0.1) is 19.9 Å². The number of benzene rings is 1. The molecular weight excluding hydrogens is 462 g/mol. The van der Waals surface area contributed by atoms with Crippen LogP contribution in [0.15, 0.2) is 42.7 Å². The summed E-state index contributed by atoms with van der Waals surface area (Å²) in [7, 11) is -2.03. The predicted molar refractivity (Wildman–Crippen MR) is 141 cm³/mol. The van der Waals surface area contributed by atoms with Gasteiger partial charge in [0.25, 0.3) is 5.88 Å². The lowest BCUT2D eigenvalue weighted by Gasteiger charge is -2.27. The summed E-state index contributed by atoms with van der Waals surface area (Å²) < 4.78 is 35.9. The van der Waals surface area contributed by atoms with Crippen molar-refractivity contribution in [3.05, 3.63) is 65.1 Å². The van der Waals surface area contributed by atoms with Crippen LogP contribution in [0, 0.1) is 12.3 Å². The Morgan fingerprint density at radius 2 is 1.97 bits per heavy atom. The Hall–Kier alpha value is -2.58. The number of hydrogen-bond donors (Lipinski definition) is 0. The van der Waals surface area contributed by atoms with E-state index >= 15 is 0 Å².